The summed E-state index contributed by atoms with van der Waals surface area (Å²) in [6.45, 7) is 2.44. The van der Waals surface area contributed by atoms with Crippen molar-refractivity contribution in [3.63, 3.8) is 0 Å². The predicted octanol–water partition coefficient (Wildman–Crippen LogP) is 3.38. The van der Waals surface area contributed by atoms with Gasteiger partial charge in [-0.05, 0) is 43.4 Å². The van der Waals surface area contributed by atoms with E-state index in [1.54, 1.807) is 22.7 Å². The molecule has 2 aromatic carbocycles. The van der Waals surface area contributed by atoms with Crippen LogP contribution in [0.1, 0.15) is 30.4 Å². The quantitative estimate of drug-likeness (QED) is 0.489. The molecule has 1 spiro atoms. The van der Waals surface area contributed by atoms with Crippen molar-refractivity contribution in [1.82, 2.24) is 10.2 Å². The van der Waals surface area contributed by atoms with Gasteiger partial charge in [-0.3, -0.25) is 14.4 Å². The third-order valence-corrected chi connectivity index (χ3v) is 9.95. The van der Waals surface area contributed by atoms with Crippen molar-refractivity contribution in [2.24, 2.45) is 11.8 Å². The minimum Gasteiger partial charge on any atom is -0.396 e. The minimum absolute atomic E-state index is 0.00735. The van der Waals surface area contributed by atoms with E-state index < -0.39 is 22.6 Å². The number of amides is 3. The van der Waals surface area contributed by atoms with Crippen molar-refractivity contribution < 1.29 is 19.5 Å². The summed E-state index contributed by atoms with van der Waals surface area (Å²) >= 11 is 8.00. The number of benzene rings is 2. The van der Waals surface area contributed by atoms with E-state index in [1.807, 2.05) is 49.4 Å². The van der Waals surface area contributed by atoms with Crippen molar-refractivity contribution in [2.75, 3.05) is 18.5 Å². The average Bonchev–Trinajstić information content (AvgIpc) is 3.51. The van der Waals surface area contributed by atoms with E-state index in [4.69, 9.17) is 11.6 Å². The van der Waals surface area contributed by atoms with E-state index in [0.717, 1.165) is 17.5 Å². The lowest BCUT2D eigenvalue weighted by Crippen LogP contribution is -2.52. The van der Waals surface area contributed by atoms with Crippen LogP contribution < -0.4 is 10.6 Å². The average molecular weight is 528 g/mol. The number of nitrogens with zero attached hydrogens (tertiary/aromatic N) is 1. The zero-order valence-corrected chi connectivity index (χ0v) is 21.6. The maximum atomic E-state index is 13.8. The van der Waals surface area contributed by atoms with Crippen LogP contribution in [0.4, 0.5) is 5.69 Å². The number of likely N-dealkylation sites (tertiary alicyclic amines) is 1. The molecular weight excluding hydrogens is 498 g/mol. The number of para-hydroxylation sites is 1. The molecule has 2 aromatic rings. The van der Waals surface area contributed by atoms with Crippen LogP contribution >= 0.6 is 23.4 Å². The molecule has 0 radical (unpaired) electrons. The van der Waals surface area contributed by atoms with Crippen molar-refractivity contribution in [3.8, 4) is 0 Å². The second kappa shape index (κ2) is 10.1. The van der Waals surface area contributed by atoms with Gasteiger partial charge >= 0.3 is 0 Å². The predicted molar refractivity (Wildman–Crippen MR) is 141 cm³/mol. The Balaban J connectivity index is 1.43. The number of hydrogen-bond donors (Lipinski definition) is 3. The molecule has 5 atom stereocenters. The van der Waals surface area contributed by atoms with Crippen molar-refractivity contribution in [3.05, 3.63) is 64.7 Å². The van der Waals surface area contributed by atoms with E-state index >= 15 is 0 Å². The Morgan fingerprint density at radius 1 is 1.17 bits per heavy atom. The topological polar surface area (TPSA) is 98.7 Å². The van der Waals surface area contributed by atoms with Gasteiger partial charge in [-0.1, -0.05) is 54.1 Å². The van der Waals surface area contributed by atoms with Gasteiger partial charge < -0.3 is 20.6 Å². The second-order valence-electron chi connectivity index (χ2n) is 9.79. The van der Waals surface area contributed by atoms with Crippen LogP contribution in [-0.4, -0.2) is 56.9 Å². The van der Waals surface area contributed by atoms with E-state index in [0.29, 0.717) is 30.1 Å². The van der Waals surface area contributed by atoms with Gasteiger partial charge in [-0.25, -0.2) is 0 Å². The van der Waals surface area contributed by atoms with Gasteiger partial charge in [0.1, 0.15) is 6.04 Å². The highest BCUT2D eigenvalue weighted by Gasteiger charge is 2.73. The maximum absolute atomic E-state index is 13.8. The molecule has 0 aliphatic carbocycles. The summed E-state index contributed by atoms with van der Waals surface area (Å²) in [5.41, 5.74) is 2.36. The fraction of sp³-hybridized carbons (Fsp3) is 0.444. The second-order valence-corrected chi connectivity index (χ2v) is 11.8. The number of hydrogen-bond acceptors (Lipinski definition) is 5. The molecule has 3 aliphatic rings. The van der Waals surface area contributed by atoms with Gasteiger partial charge in [0.15, 0.2) is 0 Å². The molecule has 0 aromatic heterocycles. The number of carbonyl (C=O) groups excluding carboxylic acids is 3. The normalized spacial score (nSPS) is 28.3. The lowest BCUT2D eigenvalue weighted by molar-refractivity contribution is -0.139. The van der Waals surface area contributed by atoms with Crippen molar-refractivity contribution in [1.29, 1.82) is 0 Å². The fourth-order valence-electron chi connectivity index (χ4n) is 6.12. The first-order valence-corrected chi connectivity index (χ1v) is 13.6. The fourth-order valence-corrected chi connectivity index (χ4v) is 8.61. The van der Waals surface area contributed by atoms with E-state index in [9.17, 15) is 19.5 Å². The summed E-state index contributed by atoms with van der Waals surface area (Å²) in [7, 11) is 0. The highest BCUT2D eigenvalue weighted by molar-refractivity contribution is 8.02. The molecule has 3 saturated heterocycles. The summed E-state index contributed by atoms with van der Waals surface area (Å²) in [5, 5.41) is 15.9. The molecule has 9 heteroatoms. The summed E-state index contributed by atoms with van der Waals surface area (Å²) in [6, 6.07) is 14.3. The number of thioether (sulfide) groups is 1. The van der Waals surface area contributed by atoms with Crippen LogP contribution in [0.3, 0.4) is 0 Å². The third kappa shape index (κ3) is 4.19. The lowest BCUT2D eigenvalue weighted by Gasteiger charge is -2.34. The van der Waals surface area contributed by atoms with Gasteiger partial charge in [0.05, 0.1) is 27.3 Å². The molecule has 3 aliphatic heterocycles. The lowest BCUT2D eigenvalue weighted by atomic mass is 9.70. The minimum atomic E-state index is -0.737. The number of fused-ring (bicyclic) bond motifs is 1. The molecule has 0 saturated carbocycles. The highest BCUT2D eigenvalue weighted by atomic mass is 35.5. The monoisotopic (exact) mass is 527 g/mol. The zero-order valence-electron chi connectivity index (χ0n) is 20.1. The van der Waals surface area contributed by atoms with Crippen LogP contribution in [-0.2, 0) is 20.9 Å². The van der Waals surface area contributed by atoms with E-state index in [-0.39, 0.29) is 36.1 Å². The van der Waals surface area contributed by atoms with Crippen LogP contribution in [0, 0.1) is 18.8 Å². The molecule has 3 fully saturated rings. The largest absolute Gasteiger partial charge is 0.396 e. The SMILES string of the molecule is Cc1cccc(Cl)c1NC(=O)C1N(CCCO)C(=O)[C@@H]2[C@H](C(=O)NCc3ccccc3)[C@@H]3CCC12S3. The number of halogens is 1. The number of aliphatic hydroxyl groups excluding tert-OH is 1. The molecule has 2 unspecified atom stereocenters. The van der Waals surface area contributed by atoms with Crippen molar-refractivity contribution in [2.45, 2.75) is 48.8 Å². The van der Waals surface area contributed by atoms with Gasteiger partial charge in [-0.15, -0.1) is 11.8 Å². The van der Waals surface area contributed by atoms with Crippen LogP contribution in [0.25, 0.3) is 0 Å². The van der Waals surface area contributed by atoms with E-state index in [1.165, 1.54) is 0 Å². The Hall–Kier alpha value is -2.55. The molecule has 7 nitrogen and oxygen atoms in total. The smallest absolute Gasteiger partial charge is 0.248 e. The Labute approximate surface area is 220 Å². The van der Waals surface area contributed by atoms with Crippen LogP contribution in [0.15, 0.2) is 48.5 Å². The number of anilines is 1. The van der Waals surface area contributed by atoms with Crippen molar-refractivity contribution >= 4 is 46.8 Å². The molecule has 2 bridgehead atoms. The Morgan fingerprint density at radius 2 is 1.94 bits per heavy atom. The zero-order chi connectivity index (χ0) is 25.4. The molecule has 36 heavy (non-hydrogen) atoms. The Bertz CT molecular complexity index is 1160. The van der Waals surface area contributed by atoms with Gasteiger partial charge in [0.25, 0.3) is 0 Å². The van der Waals surface area contributed by atoms with Gasteiger partial charge in [0.2, 0.25) is 17.7 Å². The highest BCUT2D eigenvalue weighted by Crippen LogP contribution is 2.66. The Morgan fingerprint density at radius 3 is 2.67 bits per heavy atom. The third-order valence-electron chi connectivity index (χ3n) is 7.69. The first-order valence-electron chi connectivity index (χ1n) is 12.3. The molecule has 5 rings (SSSR count). The number of rotatable bonds is 8. The summed E-state index contributed by atoms with van der Waals surface area (Å²) in [5.74, 6) is -1.66. The first-order chi connectivity index (χ1) is 17.4. The number of carbonyl (C=O) groups is 3. The summed E-state index contributed by atoms with van der Waals surface area (Å²) < 4.78 is -0.675. The molecule has 3 amide bonds. The number of aryl methyl sites for hydroxylation is 1. The summed E-state index contributed by atoms with van der Waals surface area (Å²) in [4.78, 5) is 42.6. The van der Waals surface area contributed by atoms with Crippen LogP contribution in [0.2, 0.25) is 5.02 Å². The molecular formula is C27H30ClN3O4S. The summed E-state index contributed by atoms with van der Waals surface area (Å²) in [6.07, 6.45) is 1.83. The maximum Gasteiger partial charge on any atom is 0.248 e. The number of aliphatic hydroxyl groups is 1. The standard InChI is InChI=1S/C27H30ClN3O4S/c1-16-7-5-10-18(28)22(16)30-25(34)23-27-12-11-19(36-27)20(21(27)26(35)31(23)13-6-14-32)24(33)29-15-17-8-3-2-4-9-17/h2-5,7-10,19-21,23,32H,6,11-15H2,1H3,(H,29,33)(H,30,34)/t19-,20+,21-,23?,27?/m0/s1. The van der Waals surface area contributed by atoms with Crippen LogP contribution in [0.5, 0.6) is 0 Å². The van der Waals surface area contributed by atoms with E-state index in [2.05, 4.69) is 10.6 Å². The molecule has 190 valence electrons. The van der Waals surface area contributed by atoms with Gasteiger partial charge in [-0.2, -0.15) is 0 Å². The first kappa shape index (κ1) is 25.1. The molecule has 3 N–H and O–H groups in total. The Kier molecular flexibility index (Phi) is 7.03. The van der Waals surface area contributed by atoms with Gasteiger partial charge in [0, 0.05) is 24.9 Å². The number of nitrogens with one attached hydrogen (secondary N) is 2. The molecule has 3 heterocycles.